The maximum absolute atomic E-state index is 13.7. The Balaban J connectivity index is 2.23. The summed E-state index contributed by atoms with van der Waals surface area (Å²) in [6.07, 6.45) is 1.26. The molecule has 0 saturated heterocycles. The zero-order valence-corrected chi connectivity index (χ0v) is 10.4. The number of amides is 1. The van der Waals surface area contributed by atoms with E-state index in [1.807, 2.05) is 0 Å². The fourth-order valence-corrected chi connectivity index (χ4v) is 2.08. The third-order valence-corrected chi connectivity index (χ3v) is 2.96. The minimum atomic E-state index is -0.888. The molecule has 1 amide bonds. The summed E-state index contributed by atoms with van der Waals surface area (Å²) >= 11 is 0. The van der Waals surface area contributed by atoms with Crippen molar-refractivity contribution < 1.29 is 23.1 Å². The molecule has 19 heavy (non-hydrogen) atoms. The number of unbranched alkanes of at least 4 members (excludes halogenated alkanes) is 1. The van der Waals surface area contributed by atoms with E-state index in [0.29, 0.717) is 25.5 Å². The van der Waals surface area contributed by atoms with Crippen molar-refractivity contribution in [3.63, 3.8) is 0 Å². The summed E-state index contributed by atoms with van der Waals surface area (Å²) in [5.74, 6) is -3.42. The Morgan fingerprint density at radius 1 is 1.21 bits per heavy atom. The topological polar surface area (TPSA) is 46.6 Å². The molecule has 0 spiro atoms. The molecule has 0 saturated carbocycles. The van der Waals surface area contributed by atoms with Gasteiger partial charge in [-0.25, -0.2) is 8.78 Å². The smallest absolute Gasteiger partial charge is 0.299 e. The Hall–Kier alpha value is -1.82. The Morgan fingerprint density at radius 2 is 1.95 bits per heavy atom. The maximum Gasteiger partial charge on any atom is 0.299 e. The monoisotopic (exact) mass is 269 g/mol. The molecular formula is C13H13F2NO3. The van der Waals surface area contributed by atoms with Gasteiger partial charge in [0.2, 0.25) is 0 Å². The number of hydrogen-bond acceptors (Lipinski definition) is 3. The van der Waals surface area contributed by atoms with Crippen molar-refractivity contribution >= 4 is 17.4 Å². The average molecular weight is 269 g/mol. The summed E-state index contributed by atoms with van der Waals surface area (Å²) in [7, 11) is 1.56. The summed E-state index contributed by atoms with van der Waals surface area (Å²) in [5.41, 5.74) is -0.317. The third-order valence-electron chi connectivity index (χ3n) is 2.96. The van der Waals surface area contributed by atoms with Gasteiger partial charge in [-0.05, 0) is 18.9 Å². The number of ether oxygens (including phenoxy) is 1. The van der Waals surface area contributed by atoms with E-state index >= 15 is 0 Å². The molecule has 6 heteroatoms. The van der Waals surface area contributed by atoms with Crippen molar-refractivity contribution in [1.29, 1.82) is 0 Å². The predicted octanol–water partition coefficient (Wildman–Crippen LogP) is 1.92. The molecule has 102 valence electrons. The fraction of sp³-hybridized carbons (Fsp3) is 0.385. The Labute approximate surface area is 109 Å². The lowest BCUT2D eigenvalue weighted by molar-refractivity contribution is -0.114. The van der Waals surface area contributed by atoms with Gasteiger partial charge in [-0.15, -0.1) is 0 Å². The highest BCUT2D eigenvalue weighted by Gasteiger charge is 2.38. The number of fused-ring (bicyclic) bond motifs is 1. The van der Waals surface area contributed by atoms with Crippen LogP contribution in [0.3, 0.4) is 0 Å². The number of carbonyl (C=O) groups is 2. The minimum Gasteiger partial charge on any atom is -0.385 e. The summed E-state index contributed by atoms with van der Waals surface area (Å²) in [6.45, 7) is 0.734. The summed E-state index contributed by atoms with van der Waals surface area (Å²) < 4.78 is 31.6. The SMILES string of the molecule is COCCCCN1C(=O)C(=O)c2cc(F)cc(F)c21. The second-order valence-corrected chi connectivity index (χ2v) is 4.27. The second kappa shape index (κ2) is 5.44. The van der Waals surface area contributed by atoms with Gasteiger partial charge in [-0.3, -0.25) is 9.59 Å². The summed E-state index contributed by atoms with van der Waals surface area (Å²) in [5, 5.41) is 0. The first-order chi connectivity index (χ1) is 9.06. The number of anilines is 1. The van der Waals surface area contributed by atoms with Crippen molar-refractivity contribution in [2.45, 2.75) is 12.8 Å². The maximum atomic E-state index is 13.7. The molecule has 0 unspecified atom stereocenters. The average Bonchev–Trinajstić information content (AvgIpc) is 2.60. The standard InChI is InChI=1S/C13H13F2NO3/c1-19-5-3-2-4-16-11-9(12(17)13(16)18)6-8(14)7-10(11)15/h6-7H,2-5H2,1H3. The van der Waals surface area contributed by atoms with E-state index in [9.17, 15) is 18.4 Å². The van der Waals surface area contributed by atoms with Gasteiger partial charge >= 0.3 is 0 Å². The lowest BCUT2D eigenvalue weighted by atomic mass is 10.1. The molecule has 0 aromatic heterocycles. The third kappa shape index (κ3) is 2.49. The fourth-order valence-electron chi connectivity index (χ4n) is 2.08. The molecule has 0 aliphatic carbocycles. The van der Waals surface area contributed by atoms with Crippen molar-refractivity contribution in [1.82, 2.24) is 0 Å². The number of halogens is 2. The first-order valence-corrected chi connectivity index (χ1v) is 5.90. The lowest BCUT2D eigenvalue weighted by Gasteiger charge is -2.16. The van der Waals surface area contributed by atoms with Crippen LogP contribution in [0.2, 0.25) is 0 Å². The summed E-state index contributed by atoms with van der Waals surface area (Å²) in [4.78, 5) is 24.5. The molecule has 1 aliphatic rings. The van der Waals surface area contributed by atoms with Crippen LogP contribution in [0, 0.1) is 11.6 Å². The van der Waals surface area contributed by atoms with E-state index in [4.69, 9.17) is 4.74 Å². The molecule has 4 nitrogen and oxygen atoms in total. The van der Waals surface area contributed by atoms with Crippen LogP contribution in [-0.4, -0.2) is 32.0 Å². The van der Waals surface area contributed by atoms with Crippen molar-refractivity contribution in [3.05, 3.63) is 29.3 Å². The number of ketones is 1. The number of rotatable bonds is 5. The largest absolute Gasteiger partial charge is 0.385 e. The number of hydrogen-bond donors (Lipinski definition) is 0. The Kier molecular flexibility index (Phi) is 3.90. The zero-order valence-electron chi connectivity index (χ0n) is 10.4. The number of Topliss-reactive ketones (excluding diaryl/α,β-unsaturated/α-hetero) is 1. The lowest BCUT2D eigenvalue weighted by Crippen LogP contribution is -2.31. The van der Waals surface area contributed by atoms with E-state index in [1.165, 1.54) is 0 Å². The number of nitrogens with zero attached hydrogens (tertiary/aromatic N) is 1. The number of methoxy groups -OCH3 is 1. The molecule has 0 fully saturated rings. The van der Waals surface area contributed by atoms with Gasteiger partial charge in [0.1, 0.15) is 5.82 Å². The van der Waals surface area contributed by atoms with Crippen molar-refractivity contribution in [2.75, 3.05) is 25.2 Å². The highest BCUT2D eigenvalue weighted by Crippen LogP contribution is 2.32. The molecular weight excluding hydrogens is 256 g/mol. The quantitative estimate of drug-likeness (QED) is 0.606. The number of carbonyl (C=O) groups excluding carboxylic acids is 2. The van der Waals surface area contributed by atoms with E-state index in [-0.39, 0.29) is 17.8 Å². The van der Waals surface area contributed by atoms with Gasteiger partial charge in [0.25, 0.3) is 11.7 Å². The molecule has 0 N–H and O–H groups in total. The summed E-state index contributed by atoms with van der Waals surface area (Å²) in [6, 6.07) is 1.57. The second-order valence-electron chi connectivity index (χ2n) is 4.27. The Morgan fingerprint density at radius 3 is 2.63 bits per heavy atom. The van der Waals surface area contributed by atoms with Gasteiger partial charge in [-0.1, -0.05) is 0 Å². The molecule has 2 rings (SSSR count). The van der Waals surface area contributed by atoms with Crippen molar-refractivity contribution in [2.24, 2.45) is 0 Å². The minimum absolute atomic E-state index is 0.117. The van der Waals surface area contributed by atoms with E-state index < -0.39 is 23.3 Å². The Bertz CT molecular complexity index is 531. The first kappa shape index (κ1) is 13.6. The van der Waals surface area contributed by atoms with E-state index in [1.54, 1.807) is 7.11 Å². The van der Waals surface area contributed by atoms with Gasteiger partial charge in [0, 0.05) is 26.3 Å². The van der Waals surface area contributed by atoms with Crippen LogP contribution in [0.1, 0.15) is 23.2 Å². The van der Waals surface area contributed by atoms with Gasteiger partial charge < -0.3 is 9.64 Å². The zero-order chi connectivity index (χ0) is 14.0. The number of benzene rings is 1. The molecule has 1 aromatic carbocycles. The van der Waals surface area contributed by atoms with Crippen LogP contribution in [0.5, 0.6) is 0 Å². The van der Waals surface area contributed by atoms with Gasteiger partial charge in [0.15, 0.2) is 5.82 Å². The van der Waals surface area contributed by atoms with Crippen LogP contribution in [0.25, 0.3) is 0 Å². The molecule has 0 bridgehead atoms. The molecule has 1 aliphatic heterocycles. The predicted molar refractivity (Wildman–Crippen MR) is 64.2 cm³/mol. The van der Waals surface area contributed by atoms with Crippen LogP contribution in [0.4, 0.5) is 14.5 Å². The van der Waals surface area contributed by atoms with Gasteiger partial charge in [0.05, 0.1) is 11.3 Å². The first-order valence-electron chi connectivity index (χ1n) is 5.90. The van der Waals surface area contributed by atoms with E-state index in [0.717, 1.165) is 11.0 Å². The highest BCUT2D eigenvalue weighted by molar-refractivity contribution is 6.52. The van der Waals surface area contributed by atoms with Crippen molar-refractivity contribution in [3.8, 4) is 0 Å². The molecule has 0 atom stereocenters. The van der Waals surface area contributed by atoms with Crippen LogP contribution >= 0.6 is 0 Å². The molecule has 0 radical (unpaired) electrons. The molecule has 1 aromatic rings. The highest BCUT2D eigenvalue weighted by atomic mass is 19.1. The normalized spacial score (nSPS) is 14.2. The van der Waals surface area contributed by atoms with Crippen LogP contribution in [0.15, 0.2) is 12.1 Å². The van der Waals surface area contributed by atoms with E-state index in [2.05, 4.69) is 0 Å². The molecule has 1 heterocycles. The van der Waals surface area contributed by atoms with Crippen LogP contribution in [-0.2, 0) is 9.53 Å². The van der Waals surface area contributed by atoms with Crippen LogP contribution < -0.4 is 4.90 Å². The van der Waals surface area contributed by atoms with Gasteiger partial charge in [-0.2, -0.15) is 0 Å².